The van der Waals surface area contributed by atoms with E-state index < -0.39 is 15.2 Å². The summed E-state index contributed by atoms with van der Waals surface area (Å²) in [6.45, 7) is 4.70. The third-order valence-corrected chi connectivity index (χ3v) is 30.9. The molecule has 0 amide bonds. The summed E-state index contributed by atoms with van der Waals surface area (Å²) in [7, 11) is -6.00. The fourth-order valence-corrected chi connectivity index (χ4v) is 31.4. The molecule has 0 aliphatic carbocycles. The lowest BCUT2D eigenvalue weighted by Gasteiger charge is -2.54. The number of thioether (sulfide) groups is 2. The molecule has 272 valence electrons. The summed E-state index contributed by atoms with van der Waals surface area (Å²) in [5, 5.41) is 8.96. The molecule has 0 bridgehead atoms. The van der Waals surface area contributed by atoms with Crippen LogP contribution in [0.5, 0.6) is 0 Å². The molecule has 0 aromatic heterocycles. The third kappa shape index (κ3) is 6.26. The normalized spacial score (nSPS) is 13.8. The van der Waals surface area contributed by atoms with Gasteiger partial charge in [0.2, 0.25) is 0 Å². The van der Waals surface area contributed by atoms with Crippen LogP contribution >= 0.6 is 23.5 Å². The maximum Gasteiger partial charge on any atom is 0.155 e. The van der Waals surface area contributed by atoms with Gasteiger partial charge in [-0.1, -0.05) is 215 Å². The van der Waals surface area contributed by atoms with Gasteiger partial charge in [-0.2, -0.15) is 0 Å². The summed E-state index contributed by atoms with van der Waals surface area (Å²) in [6, 6.07) is 79.0. The minimum Gasteiger partial charge on any atom is -0.121 e. The van der Waals surface area contributed by atoms with Crippen LogP contribution in [-0.4, -0.2) is 15.2 Å². The van der Waals surface area contributed by atoms with Crippen molar-refractivity contribution < 1.29 is 0 Å². The van der Waals surface area contributed by atoms with Crippen LogP contribution in [0.1, 0.15) is 22.3 Å². The SMILES string of the molecule is Cc1cc2c(cc1SCc1ccccc1)-c1cc(SCc3ccccc3)c(C)cc1[Si](c1ccccc1)(c1ccccc1)[Si]2(c1ccccc1)c1ccccc1. The van der Waals surface area contributed by atoms with Gasteiger partial charge in [-0.15, -0.1) is 23.5 Å². The smallest absolute Gasteiger partial charge is 0.121 e. The van der Waals surface area contributed by atoms with E-state index in [4.69, 9.17) is 0 Å². The van der Waals surface area contributed by atoms with Crippen LogP contribution in [-0.2, 0) is 11.5 Å². The van der Waals surface area contributed by atoms with Crippen molar-refractivity contribution in [2.24, 2.45) is 0 Å². The average Bonchev–Trinajstić information content (AvgIpc) is 3.26. The van der Waals surface area contributed by atoms with Crippen LogP contribution in [0.3, 0.4) is 0 Å². The van der Waals surface area contributed by atoms with E-state index in [1.807, 2.05) is 23.5 Å². The molecular weight excluding hydrogens is 745 g/mol. The highest BCUT2D eigenvalue weighted by atomic mass is 32.2. The van der Waals surface area contributed by atoms with Gasteiger partial charge in [0.25, 0.3) is 0 Å². The predicted molar refractivity (Wildman–Crippen MR) is 248 cm³/mol. The lowest BCUT2D eigenvalue weighted by Crippen LogP contribution is -2.95. The molecule has 8 aromatic carbocycles. The fourth-order valence-electron chi connectivity index (χ4n) is 9.20. The minimum atomic E-state index is -3.00. The van der Waals surface area contributed by atoms with Gasteiger partial charge in [0, 0.05) is 21.3 Å². The van der Waals surface area contributed by atoms with Gasteiger partial charge >= 0.3 is 0 Å². The van der Waals surface area contributed by atoms with E-state index in [0.717, 1.165) is 11.5 Å². The Hall–Kier alpha value is -5.11. The molecule has 1 heterocycles. The zero-order valence-corrected chi connectivity index (χ0v) is 35.5. The molecule has 56 heavy (non-hydrogen) atoms. The van der Waals surface area contributed by atoms with Gasteiger partial charge in [0.05, 0.1) is 0 Å². The quantitative estimate of drug-likeness (QED) is 0.100. The lowest BCUT2D eigenvalue weighted by molar-refractivity contribution is 1.28. The Morgan fingerprint density at radius 1 is 0.339 bits per heavy atom. The molecule has 1 aliphatic heterocycles. The van der Waals surface area contributed by atoms with E-state index in [1.54, 1.807) is 0 Å². The minimum absolute atomic E-state index is 0.937. The highest BCUT2D eigenvalue weighted by molar-refractivity contribution is 7.98. The number of rotatable bonds is 10. The Balaban J connectivity index is 1.43. The molecule has 0 saturated heterocycles. The van der Waals surface area contributed by atoms with E-state index in [2.05, 4.69) is 220 Å². The van der Waals surface area contributed by atoms with Crippen LogP contribution in [0.2, 0.25) is 0 Å². The van der Waals surface area contributed by atoms with Crippen molar-refractivity contribution in [3.05, 3.63) is 229 Å². The molecule has 9 rings (SSSR count). The highest BCUT2D eigenvalue weighted by Crippen LogP contribution is 2.40. The summed E-state index contributed by atoms with van der Waals surface area (Å²) in [6.07, 6.45) is 0. The molecule has 0 radical (unpaired) electrons. The highest BCUT2D eigenvalue weighted by Gasteiger charge is 2.65. The van der Waals surface area contributed by atoms with E-state index in [0.29, 0.717) is 0 Å². The molecule has 0 atom stereocenters. The van der Waals surface area contributed by atoms with Crippen molar-refractivity contribution in [2.75, 3.05) is 0 Å². The fraction of sp³-hybridized carbons (Fsp3) is 0.0769. The van der Waals surface area contributed by atoms with Crippen molar-refractivity contribution in [1.82, 2.24) is 0 Å². The molecule has 1 aliphatic rings. The zero-order valence-electron chi connectivity index (χ0n) is 31.9. The second kappa shape index (κ2) is 15.8. The molecule has 0 saturated carbocycles. The first-order valence-corrected chi connectivity index (χ1v) is 26.4. The zero-order chi connectivity index (χ0) is 38.0. The Bertz CT molecular complexity index is 2320. The van der Waals surface area contributed by atoms with Crippen molar-refractivity contribution in [1.29, 1.82) is 0 Å². The number of fused-ring (bicyclic) bond motifs is 3. The second-order valence-electron chi connectivity index (χ2n) is 14.8. The van der Waals surface area contributed by atoms with Gasteiger partial charge in [0.15, 0.2) is 15.2 Å². The van der Waals surface area contributed by atoms with Gasteiger partial charge in [-0.05, 0) is 69.7 Å². The summed E-state index contributed by atoms with van der Waals surface area (Å²) in [5.41, 5.74) is 8.21. The van der Waals surface area contributed by atoms with Crippen LogP contribution in [0, 0.1) is 13.8 Å². The van der Waals surface area contributed by atoms with Crippen LogP contribution in [0.25, 0.3) is 11.1 Å². The molecule has 4 heteroatoms. The number of hydrogen-bond acceptors (Lipinski definition) is 2. The largest absolute Gasteiger partial charge is 0.155 e. The summed E-state index contributed by atoms with van der Waals surface area (Å²) in [4.78, 5) is 2.71. The first-order chi connectivity index (χ1) is 27.6. The van der Waals surface area contributed by atoms with Crippen molar-refractivity contribution in [3.8, 4) is 11.1 Å². The van der Waals surface area contributed by atoms with Crippen LogP contribution in [0.15, 0.2) is 216 Å². The maximum absolute atomic E-state index is 3.00. The van der Waals surface area contributed by atoms with Crippen LogP contribution in [0.4, 0.5) is 0 Å². The van der Waals surface area contributed by atoms with Crippen molar-refractivity contribution >= 4 is 69.8 Å². The third-order valence-electron chi connectivity index (χ3n) is 11.6. The molecule has 0 fully saturated rings. The topological polar surface area (TPSA) is 0 Å². The molecule has 0 N–H and O–H groups in total. The number of benzene rings is 8. The van der Waals surface area contributed by atoms with E-state index in [-0.39, 0.29) is 0 Å². The Morgan fingerprint density at radius 2 is 0.607 bits per heavy atom. The van der Waals surface area contributed by atoms with Crippen molar-refractivity contribution in [3.63, 3.8) is 0 Å². The number of aryl methyl sites for hydroxylation is 2. The second-order valence-corrected chi connectivity index (χ2v) is 27.8. The van der Waals surface area contributed by atoms with Gasteiger partial charge in [0.1, 0.15) is 0 Å². The Kier molecular flexibility index (Phi) is 10.3. The predicted octanol–water partition coefficient (Wildman–Crippen LogP) is 9.59. The first-order valence-electron chi connectivity index (χ1n) is 19.5. The Labute approximate surface area is 342 Å². The Morgan fingerprint density at radius 3 is 0.893 bits per heavy atom. The molecule has 0 unspecified atom stereocenters. The van der Waals surface area contributed by atoms with Gasteiger partial charge in [-0.25, -0.2) is 0 Å². The molecule has 8 aromatic rings. The average molecular weight is 789 g/mol. The standard InChI is InChI=1S/C52H44S2Si2/c1-39-33-51-47(35-49(39)53-37-41-21-9-3-10-22-41)48-36-50(54-38-42-23-11-4-12-24-42)40(2)34-52(48)56(45-29-17-7-18-30-45,46-31-19-8-20-32-46)55(51,43-25-13-5-14-26-43)44-27-15-6-16-28-44/h3-36H,37-38H2,1-2H3. The van der Waals surface area contributed by atoms with E-state index in [1.165, 1.54) is 74.3 Å². The molecule has 0 spiro atoms. The van der Waals surface area contributed by atoms with E-state index in [9.17, 15) is 0 Å². The summed E-state index contributed by atoms with van der Waals surface area (Å²) < 4.78 is 0. The molecular formula is C52H44S2Si2. The molecule has 0 nitrogen and oxygen atoms in total. The van der Waals surface area contributed by atoms with Crippen molar-refractivity contribution in [2.45, 2.75) is 35.1 Å². The van der Waals surface area contributed by atoms with Gasteiger partial charge < -0.3 is 0 Å². The summed E-state index contributed by atoms with van der Waals surface area (Å²) in [5.74, 6) is 1.87. The lowest BCUT2D eigenvalue weighted by atomic mass is 10.0. The van der Waals surface area contributed by atoms with E-state index >= 15 is 0 Å². The maximum atomic E-state index is 2.64. The monoisotopic (exact) mass is 788 g/mol. The summed E-state index contributed by atoms with van der Waals surface area (Å²) >= 11 is 3.94. The number of hydrogen-bond donors (Lipinski definition) is 0. The first kappa shape index (κ1) is 36.5. The van der Waals surface area contributed by atoms with Crippen LogP contribution < -0.4 is 31.1 Å². The van der Waals surface area contributed by atoms with Gasteiger partial charge in [-0.3, -0.25) is 0 Å².